The second kappa shape index (κ2) is 11.5. The standard InChI is InChI=1S/C21H22N4O9S2/c26-7-5-25(6-8-27)15-3-1-14(2-4-15)23-24-20-18(35(30)31)10-13-9-16(36(32,33)34)11-17(22-12-28)19(13)21(20)29/h1-4,9-12,26-27,29H,5-8H2,(H,22,28)(H,30,31)(H,32,33,34). The molecule has 0 aliphatic heterocycles. The Bertz CT molecular complexity index is 1420. The van der Waals surface area contributed by atoms with E-state index >= 15 is 0 Å². The highest BCUT2D eigenvalue weighted by atomic mass is 32.2. The number of rotatable bonds is 11. The predicted octanol–water partition coefficient (Wildman–Crippen LogP) is 2.15. The average Bonchev–Trinajstić information content (AvgIpc) is 2.82. The SMILES string of the molecule is O=CNc1cc(S(=O)(=O)O)cc2cc(S(=O)O)c(N=Nc3ccc(N(CCO)CCO)cc3)c(O)c12. The van der Waals surface area contributed by atoms with Gasteiger partial charge in [-0.1, -0.05) is 0 Å². The molecule has 0 aliphatic rings. The molecule has 0 heterocycles. The number of phenols is 1. The molecule has 0 aliphatic carbocycles. The molecular weight excluding hydrogens is 516 g/mol. The minimum atomic E-state index is -4.70. The van der Waals surface area contributed by atoms with Crippen molar-refractivity contribution < 1.29 is 41.8 Å². The Morgan fingerprint density at radius 1 is 1.03 bits per heavy atom. The lowest BCUT2D eigenvalue weighted by molar-refractivity contribution is -0.105. The van der Waals surface area contributed by atoms with Crippen LogP contribution in [0.25, 0.3) is 10.8 Å². The summed E-state index contributed by atoms with van der Waals surface area (Å²) in [5, 5.41) is 39.2. The first-order valence-electron chi connectivity index (χ1n) is 10.2. The van der Waals surface area contributed by atoms with E-state index in [4.69, 9.17) is 0 Å². The molecule has 6 N–H and O–H groups in total. The molecule has 192 valence electrons. The minimum absolute atomic E-state index is 0.0689. The fourth-order valence-corrected chi connectivity index (χ4v) is 4.54. The molecule has 0 bridgehead atoms. The highest BCUT2D eigenvalue weighted by Gasteiger charge is 2.22. The van der Waals surface area contributed by atoms with Gasteiger partial charge in [-0.15, -0.1) is 5.11 Å². The second-order valence-electron chi connectivity index (χ2n) is 7.28. The first kappa shape index (κ1) is 27.1. The van der Waals surface area contributed by atoms with Gasteiger partial charge in [0.25, 0.3) is 10.1 Å². The molecule has 0 spiro atoms. The number of aliphatic hydroxyl groups excluding tert-OH is 2. The van der Waals surface area contributed by atoms with Gasteiger partial charge in [-0.3, -0.25) is 9.35 Å². The minimum Gasteiger partial charge on any atom is -0.505 e. The number of nitrogens with one attached hydrogen (secondary N) is 1. The quantitative estimate of drug-likeness (QED) is 0.0906. The highest BCUT2D eigenvalue weighted by Crippen LogP contribution is 2.44. The summed E-state index contributed by atoms with van der Waals surface area (Å²) >= 11 is -2.69. The number of phenolic OH excluding ortho intramolecular Hbond substituents is 1. The molecule has 36 heavy (non-hydrogen) atoms. The summed E-state index contributed by atoms with van der Waals surface area (Å²) in [5.74, 6) is -0.659. The summed E-state index contributed by atoms with van der Waals surface area (Å²) in [6, 6.07) is 9.39. The van der Waals surface area contributed by atoms with Crippen LogP contribution >= 0.6 is 0 Å². The van der Waals surface area contributed by atoms with Crippen LogP contribution in [0.3, 0.4) is 0 Å². The van der Waals surface area contributed by atoms with E-state index < -0.39 is 42.4 Å². The van der Waals surface area contributed by atoms with Crippen LogP contribution in [0.5, 0.6) is 5.75 Å². The van der Waals surface area contributed by atoms with E-state index in [0.717, 1.165) is 18.2 Å². The van der Waals surface area contributed by atoms with Gasteiger partial charge in [0, 0.05) is 24.2 Å². The van der Waals surface area contributed by atoms with Crippen molar-refractivity contribution in [2.45, 2.75) is 9.79 Å². The lowest BCUT2D eigenvalue weighted by Crippen LogP contribution is -2.29. The van der Waals surface area contributed by atoms with Gasteiger partial charge in [-0.05, 0) is 47.9 Å². The molecule has 3 rings (SSSR count). The van der Waals surface area contributed by atoms with Gasteiger partial charge in [0.2, 0.25) is 6.41 Å². The monoisotopic (exact) mass is 538 g/mol. The van der Waals surface area contributed by atoms with E-state index in [9.17, 15) is 41.8 Å². The summed E-state index contributed by atoms with van der Waals surface area (Å²) in [6.45, 7) is 0.371. The summed E-state index contributed by atoms with van der Waals surface area (Å²) < 4.78 is 54.3. The third-order valence-corrected chi connectivity index (χ3v) is 6.56. The van der Waals surface area contributed by atoms with Crippen molar-refractivity contribution >= 4 is 61.1 Å². The molecule has 0 radical (unpaired) electrons. The van der Waals surface area contributed by atoms with Crippen molar-refractivity contribution in [2.24, 2.45) is 10.2 Å². The second-order valence-corrected chi connectivity index (χ2v) is 9.64. The smallest absolute Gasteiger partial charge is 0.294 e. The van der Waals surface area contributed by atoms with E-state index in [0.29, 0.717) is 24.5 Å². The third-order valence-electron chi connectivity index (χ3n) is 5.04. The number of carbonyl (C=O) groups excluding carboxylic acids is 1. The Hall–Kier alpha value is -3.47. The number of nitrogens with zero attached hydrogens (tertiary/aromatic N) is 3. The van der Waals surface area contributed by atoms with Crippen LogP contribution < -0.4 is 10.2 Å². The first-order chi connectivity index (χ1) is 17.1. The lowest BCUT2D eigenvalue weighted by Gasteiger charge is -2.22. The van der Waals surface area contributed by atoms with E-state index in [1.54, 1.807) is 29.2 Å². The zero-order valence-corrected chi connectivity index (χ0v) is 20.1. The molecule has 0 aromatic heterocycles. The molecule has 0 fully saturated rings. The van der Waals surface area contributed by atoms with Crippen LogP contribution in [0.4, 0.5) is 22.7 Å². The van der Waals surface area contributed by atoms with Crippen LogP contribution in [-0.4, -0.2) is 69.8 Å². The molecule has 1 amide bonds. The molecule has 1 unspecified atom stereocenters. The number of hydrogen-bond donors (Lipinski definition) is 6. The van der Waals surface area contributed by atoms with Gasteiger partial charge >= 0.3 is 0 Å². The van der Waals surface area contributed by atoms with Crippen molar-refractivity contribution in [3.8, 4) is 5.75 Å². The normalized spacial score (nSPS) is 12.7. The summed E-state index contributed by atoms with van der Waals surface area (Å²) in [4.78, 5) is 11.8. The molecule has 0 saturated heterocycles. The van der Waals surface area contributed by atoms with Gasteiger partial charge < -0.3 is 30.1 Å². The number of amides is 1. The van der Waals surface area contributed by atoms with E-state index in [1.807, 2.05) is 0 Å². The number of fused-ring (bicyclic) bond motifs is 1. The molecular formula is C21H22N4O9S2. The Balaban J connectivity index is 2.11. The van der Waals surface area contributed by atoms with Crippen LogP contribution in [-0.2, 0) is 26.0 Å². The maximum atomic E-state index is 12.0. The Morgan fingerprint density at radius 2 is 1.67 bits per heavy atom. The van der Waals surface area contributed by atoms with E-state index in [-0.39, 0.29) is 36.1 Å². The van der Waals surface area contributed by atoms with Gasteiger partial charge in [-0.2, -0.15) is 13.5 Å². The van der Waals surface area contributed by atoms with E-state index in [1.165, 1.54) is 0 Å². The number of aromatic hydroxyl groups is 1. The zero-order chi connectivity index (χ0) is 26.5. The predicted molar refractivity (Wildman–Crippen MR) is 131 cm³/mol. The van der Waals surface area contributed by atoms with Crippen molar-refractivity contribution in [3.63, 3.8) is 0 Å². The Kier molecular flexibility index (Phi) is 8.67. The van der Waals surface area contributed by atoms with Crippen LogP contribution in [0, 0.1) is 0 Å². The van der Waals surface area contributed by atoms with Crippen molar-refractivity contribution in [1.82, 2.24) is 0 Å². The number of azo groups is 1. The fourth-order valence-electron chi connectivity index (χ4n) is 3.47. The Morgan fingerprint density at radius 3 is 2.19 bits per heavy atom. The number of carbonyl (C=O) groups is 1. The first-order valence-corrected chi connectivity index (χ1v) is 12.8. The van der Waals surface area contributed by atoms with Crippen LogP contribution in [0.15, 0.2) is 62.5 Å². The molecule has 13 nitrogen and oxygen atoms in total. The Labute approximate surface area is 207 Å². The van der Waals surface area contributed by atoms with Gasteiger partial charge in [-0.25, -0.2) is 4.21 Å². The highest BCUT2D eigenvalue weighted by molar-refractivity contribution is 7.85. The summed E-state index contributed by atoms with van der Waals surface area (Å²) in [6.07, 6.45) is 0.222. The van der Waals surface area contributed by atoms with Gasteiger partial charge in [0.1, 0.15) is 5.69 Å². The van der Waals surface area contributed by atoms with Gasteiger partial charge in [0.15, 0.2) is 16.8 Å². The molecule has 1 atom stereocenters. The topological polar surface area (TPSA) is 209 Å². The molecule has 3 aromatic carbocycles. The third kappa shape index (κ3) is 6.01. The number of benzene rings is 3. The zero-order valence-electron chi connectivity index (χ0n) is 18.5. The van der Waals surface area contributed by atoms with Crippen molar-refractivity contribution in [2.75, 3.05) is 36.5 Å². The maximum absolute atomic E-state index is 12.0. The fraction of sp³-hybridized carbons (Fsp3) is 0.190. The summed E-state index contributed by atoms with van der Waals surface area (Å²) in [5.41, 5.74) is 0.399. The average molecular weight is 539 g/mol. The van der Waals surface area contributed by atoms with Crippen LogP contribution in [0.2, 0.25) is 0 Å². The number of anilines is 2. The maximum Gasteiger partial charge on any atom is 0.294 e. The molecule has 15 heteroatoms. The van der Waals surface area contributed by atoms with Gasteiger partial charge in [0.05, 0.1) is 34.4 Å². The van der Waals surface area contributed by atoms with Crippen LogP contribution in [0.1, 0.15) is 0 Å². The number of hydrogen-bond acceptors (Lipinski definition) is 10. The summed E-state index contributed by atoms with van der Waals surface area (Å²) in [7, 11) is -4.70. The lowest BCUT2D eigenvalue weighted by atomic mass is 10.1. The van der Waals surface area contributed by atoms with E-state index in [2.05, 4.69) is 15.5 Å². The molecule has 3 aromatic rings. The van der Waals surface area contributed by atoms with Crippen molar-refractivity contribution in [3.05, 3.63) is 42.5 Å². The molecule has 0 saturated carbocycles. The van der Waals surface area contributed by atoms with Crippen molar-refractivity contribution in [1.29, 1.82) is 0 Å². The number of aliphatic hydroxyl groups is 2. The largest absolute Gasteiger partial charge is 0.505 e.